The third-order valence-electron chi connectivity index (χ3n) is 2.58. The molecule has 2 aromatic rings. The molecule has 0 atom stereocenters. The molecule has 0 unspecified atom stereocenters. The first-order chi connectivity index (χ1) is 10.4. The van der Waals surface area contributed by atoms with Crippen LogP contribution in [0, 0.1) is 5.92 Å². The van der Waals surface area contributed by atoms with Crippen molar-refractivity contribution in [3.05, 3.63) is 30.1 Å². The average molecular weight is 341 g/mol. The Morgan fingerprint density at radius 1 is 1.36 bits per heavy atom. The van der Waals surface area contributed by atoms with Crippen LogP contribution in [0.5, 0.6) is 0 Å². The third kappa shape index (κ3) is 4.29. The molecular formula is C12H15N5O3S2. The monoisotopic (exact) mass is 341 g/mol. The zero-order valence-corrected chi connectivity index (χ0v) is 13.6. The lowest BCUT2D eigenvalue weighted by Crippen LogP contribution is -2.23. The number of pyridine rings is 1. The number of hydrogen-bond acceptors (Lipinski definition) is 7. The van der Waals surface area contributed by atoms with E-state index in [2.05, 4.69) is 25.2 Å². The maximum Gasteiger partial charge on any atom is 0.270 e. The van der Waals surface area contributed by atoms with E-state index in [1.165, 1.54) is 0 Å². The van der Waals surface area contributed by atoms with E-state index in [0.29, 0.717) is 0 Å². The fourth-order valence-electron chi connectivity index (χ4n) is 1.36. The third-order valence-corrected chi connectivity index (χ3v) is 5.19. The van der Waals surface area contributed by atoms with Gasteiger partial charge in [0.25, 0.3) is 10.0 Å². The Balaban J connectivity index is 2.04. The molecule has 2 heterocycles. The van der Waals surface area contributed by atoms with Gasteiger partial charge in [0, 0.05) is 24.9 Å². The van der Waals surface area contributed by atoms with Gasteiger partial charge in [0.2, 0.25) is 15.4 Å². The lowest BCUT2D eigenvalue weighted by molar-refractivity contribution is -0.118. The van der Waals surface area contributed by atoms with Crippen LogP contribution in [0.2, 0.25) is 0 Å². The maximum absolute atomic E-state index is 12.1. The van der Waals surface area contributed by atoms with Crippen molar-refractivity contribution >= 4 is 32.4 Å². The summed E-state index contributed by atoms with van der Waals surface area (Å²) in [4.78, 5) is 15.4. The smallest absolute Gasteiger partial charge is 0.270 e. The van der Waals surface area contributed by atoms with Crippen LogP contribution in [0.3, 0.4) is 0 Å². The Morgan fingerprint density at radius 3 is 2.77 bits per heavy atom. The second kappa shape index (κ2) is 6.90. The number of hydrogen-bond donors (Lipinski definition) is 2. The van der Waals surface area contributed by atoms with Gasteiger partial charge in [-0.1, -0.05) is 31.3 Å². The fraction of sp³-hybridized carbons (Fsp3) is 0.333. The summed E-state index contributed by atoms with van der Waals surface area (Å²) in [6.07, 6.45) is 3.17. The van der Waals surface area contributed by atoms with E-state index in [0.717, 1.165) is 16.9 Å². The molecule has 0 aliphatic rings. The maximum atomic E-state index is 12.1. The van der Waals surface area contributed by atoms with E-state index in [4.69, 9.17) is 0 Å². The van der Waals surface area contributed by atoms with Crippen LogP contribution in [-0.4, -0.2) is 29.5 Å². The minimum atomic E-state index is -3.78. The minimum absolute atomic E-state index is 0.101. The van der Waals surface area contributed by atoms with E-state index in [1.54, 1.807) is 38.4 Å². The van der Waals surface area contributed by atoms with Crippen LogP contribution in [0.25, 0.3) is 0 Å². The van der Waals surface area contributed by atoms with Crippen molar-refractivity contribution < 1.29 is 13.2 Å². The molecule has 2 N–H and O–H groups in total. The predicted molar refractivity (Wildman–Crippen MR) is 81.6 cm³/mol. The highest BCUT2D eigenvalue weighted by atomic mass is 32.2. The van der Waals surface area contributed by atoms with Crippen molar-refractivity contribution in [1.29, 1.82) is 0 Å². The molecule has 0 fully saturated rings. The largest absolute Gasteiger partial charge is 0.300 e. The van der Waals surface area contributed by atoms with Gasteiger partial charge in [-0.25, -0.2) is 13.1 Å². The predicted octanol–water partition coefficient (Wildman–Crippen LogP) is 1.01. The van der Waals surface area contributed by atoms with E-state index < -0.39 is 10.0 Å². The lowest BCUT2D eigenvalue weighted by atomic mass is 10.2. The van der Waals surface area contributed by atoms with Gasteiger partial charge in [-0.15, -0.1) is 10.2 Å². The van der Waals surface area contributed by atoms with Gasteiger partial charge in [0.15, 0.2) is 0 Å². The highest BCUT2D eigenvalue weighted by Crippen LogP contribution is 2.20. The van der Waals surface area contributed by atoms with Crippen molar-refractivity contribution in [2.24, 2.45) is 5.92 Å². The second-order valence-electron chi connectivity index (χ2n) is 4.70. The molecule has 0 bridgehead atoms. The van der Waals surface area contributed by atoms with E-state index in [-0.39, 0.29) is 27.8 Å². The SMILES string of the molecule is CC(C)C(=O)Nc1nnc(S(=O)(=O)NCc2cccnc2)s1. The molecule has 2 rings (SSSR count). The van der Waals surface area contributed by atoms with Gasteiger partial charge in [-0.3, -0.25) is 9.78 Å². The molecule has 10 heteroatoms. The van der Waals surface area contributed by atoms with Gasteiger partial charge >= 0.3 is 0 Å². The molecule has 2 aromatic heterocycles. The number of carbonyl (C=O) groups excluding carboxylic acids is 1. The molecule has 0 radical (unpaired) electrons. The summed E-state index contributed by atoms with van der Waals surface area (Å²) in [6.45, 7) is 3.55. The number of anilines is 1. The minimum Gasteiger partial charge on any atom is -0.300 e. The Hall–Kier alpha value is -1.91. The van der Waals surface area contributed by atoms with Gasteiger partial charge < -0.3 is 5.32 Å². The highest BCUT2D eigenvalue weighted by molar-refractivity contribution is 7.91. The summed E-state index contributed by atoms with van der Waals surface area (Å²) in [7, 11) is -3.78. The summed E-state index contributed by atoms with van der Waals surface area (Å²) < 4.78 is 26.4. The molecule has 1 amide bonds. The average Bonchev–Trinajstić information content (AvgIpc) is 2.95. The Kier molecular flexibility index (Phi) is 5.16. The number of nitrogens with zero attached hydrogens (tertiary/aromatic N) is 3. The Labute approximate surface area is 132 Å². The highest BCUT2D eigenvalue weighted by Gasteiger charge is 2.21. The Morgan fingerprint density at radius 2 is 2.14 bits per heavy atom. The summed E-state index contributed by atoms with van der Waals surface area (Å²) >= 11 is 0.800. The van der Waals surface area contributed by atoms with Crippen LogP contribution < -0.4 is 10.0 Å². The summed E-state index contributed by atoms with van der Waals surface area (Å²) in [6, 6.07) is 3.47. The zero-order chi connectivity index (χ0) is 16.2. The van der Waals surface area contributed by atoms with Gasteiger partial charge in [0.05, 0.1) is 0 Å². The van der Waals surface area contributed by atoms with Crippen molar-refractivity contribution in [2.75, 3.05) is 5.32 Å². The van der Waals surface area contributed by atoms with Crippen LogP contribution in [0.1, 0.15) is 19.4 Å². The van der Waals surface area contributed by atoms with E-state index in [1.807, 2.05) is 0 Å². The van der Waals surface area contributed by atoms with Crippen molar-refractivity contribution in [3.63, 3.8) is 0 Å². The van der Waals surface area contributed by atoms with Crippen molar-refractivity contribution in [3.8, 4) is 0 Å². The zero-order valence-electron chi connectivity index (χ0n) is 12.0. The lowest BCUT2D eigenvalue weighted by Gasteiger charge is -2.03. The topological polar surface area (TPSA) is 114 Å². The van der Waals surface area contributed by atoms with Crippen LogP contribution in [0.4, 0.5) is 5.13 Å². The first-order valence-corrected chi connectivity index (χ1v) is 8.71. The first kappa shape index (κ1) is 16.5. The number of sulfonamides is 1. The molecule has 118 valence electrons. The quantitative estimate of drug-likeness (QED) is 0.758. The van der Waals surface area contributed by atoms with Gasteiger partial charge in [-0.2, -0.15) is 0 Å². The molecule has 0 saturated carbocycles. The van der Waals surface area contributed by atoms with Crippen molar-refractivity contribution in [1.82, 2.24) is 19.9 Å². The Bertz CT molecular complexity index is 743. The van der Waals surface area contributed by atoms with Crippen LogP contribution in [0.15, 0.2) is 28.9 Å². The van der Waals surface area contributed by atoms with Crippen LogP contribution >= 0.6 is 11.3 Å². The molecular weight excluding hydrogens is 326 g/mol. The number of amides is 1. The molecule has 22 heavy (non-hydrogen) atoms. The molecule has 0 aliphatic heterocycles. The summed E-state index contributed by atoms with van der Waals surface area (Å²) in [5, 5.41) is 9.93. The van der Waals surface area contributed by atoms with Gasteiger partial charge in [-0.05, 0) is 11.6 Å². The van der Waals surface area contributed by atoms with Gasteiger partial charge in [0.1, 0.15) is 0 Å². The molecule has 0 saturated heterocycles. The van der Waals surface area contributed by atoms with Crippen LogP contribution in [-0.2, 0) is 21.4 Å². The van der Waals surface area contributed by atoms with E-state index in [9.17, 15) is 13.2 Å². The second-order valence-corrected chi connectivity index (χ2v) is 7.62. The number of nitrogens with one attached hydrogen (secondary N) is 2. The standard InChI is InChI=1S/C12H15N5O3S2/c1-8(2)10(18)15-11-16-17-12(21-11)22(19,20)14-7-9-4-3-5-13-6-9/h3-6,8,14H,7H2,1-2H3,(H,15,16,18). The first-order valence-electron chi connectivity index (χ1n) is 6.41. The summed E-state index contributed by atoms with van der Waals surface area (Å²) in [5.41, 5.74) is 0.726. The fourth-order valence-corrected chi connectivity index (χ4v) is 3.32. The summed E-state index contributed by atoms with van der Waals surface area (Å²) in [5.74, 6) is -0.476. The molecule has 0 spiro atoms. The number of carbonyl (C=O) groups is 1. The molecule has 8 nitrogen and oxygen atoms in total. The number of rotatable bonds is 6. The molecule has 0 aliphatic carbocycles. The van der Waals surface area contributed by atoms with E-state index >= 15 is 0 Å². The normalized spacial score (nSPS) is 11.6. The molecule has 0 aromatic carbocycles. The van der Waals surface area contributed by atoms with Crippen molar-refractivity contribution in [2.45, 2.75) is 24.7 Å². The number of aromatic nitrogens is 3.